The maximum atomic E-state index is 9.86. The average Bonchev–Trinajstić information content (AvgIpc) is 2.49. The number of hydrogen-bond donors (Lipinski definition) is 1. The molecule has 0 spiro atoms. The van der Waals surface area contributed by atoms with Crippen molar-refractivity contribution in [3.05, 3.63) is 70.9 Å². The van der Waals surface area contributed by atoms with Gasteiger partial charge in [-0.25, -0.2) is 4.98 Å². The molecular weight excluding hydrogens is 258 g/mol. The number of aromatic nitrogens is 1. The van der Waals surface area contributed by atoms with Gasteiger partial charge in [0.05, 0.1) is 5.69 Å². The number of hydrogen-bond acceptors (Lipinski definition) is 2. The second kappa shape index (κ2) is 5.41. The van der Waals surface area contributed by atoms with Crippen molar-refractivity contribution < 1.29 is 5.11 Å². The highest BCUT2D eigenvalue weighted by atomic mass is 16.3. The summed E-state index contributed by atoms with van der Waals surface area (Å²) in [5, 5.41) is 10.8. The van der Waals surface area contributed by atoms with Crippen molar-refractivity contribution in [3.63, 3.8) is 0 Å². The molecule has 0 radical (unpaired) electrons. The van der Waals surface area contributed by atoms with Gasteiger partial charge in [-0.05, 0) is 48.7 Å². The van der Waals surface area contributed by atoms with Crippen LogP contribution in [0.5, 0.6) is 5.75 Å². The normalized spacial score (nSPS) is 11.3. The summed E-state index contributed by atoms with van der Waals surface area (Å²) in [5.41, 5.74) is 5.20. The molecule has 2 nitrogen and oxygen atoms in total. The van der Waals surface area contributed by atoms with Crippen LogP contribution in [0.4, 0.5) is 0 Å². The molecule has 3 rings (SSSR count). The summed E-state index contributed by atoms with van der Waals surface area (Å²) in [5.74, 6) is 0.217. The summed E-state index contributed by atoms with van der Waals surface area (Å²) in [7, 11) is 0. The van der Waals surface area contributed by atoms with Crippen LogP contribution in [-0.4, -0.2) is 10.1 Å². The number of rotatable bonds is 2. The standard InChI is InChI=1S/C19H17NO/c1-13-6-7-15(12-14(13)2)8-10-17-11-9-16-4-3-5-18(21)19(16)20-17/h3-12,21H,1-2H3. The van der Waals surface area contributed by atoms with Gasteiger partial charge in [0.1, 0.15) is 11.3 Å². The summed E-state index contributed by atoms with van der Waals surface area (Å²) >= 11 is 0. The Morgan fingerprint density at radius 3 is 2.57 bits per heavy atom. The van der Waals surface area contributed by atoms with E-state index in [0.717, 1.165) is 16.6 Å². The van der Waals surface area contributed by atoms with Gasteiger partial charge in [-0.3, -0.25) is 0 Å². The third-order valence-corrected chi connectivity index (χ3v) is 3.70. The van der Waals surface area contributed by atoms with Crippen LogP contribution >= 0.6 is 0 Å². The van der Waals surface area contributed by atoms with E-state index in [-0.39, 0.29) is 5.75 Å². The molecular formula is C19H17NO. The van der Waals surface area contributed by atoms with Crippen molar-refractivity contribution in [2.45, 2.75) is 13.8 Å². The Hall–Kier alpha value is -2.61. The zero-order valence-corrected chi connectivity index (χ0v) is 12.2. The number of para-hydroxylation sites is 1. The number of nitrogens with zero attached hydrogens (tertiary/aromatic N) is 1. The molecule has 0 bridgehead atoms. The van der Waals surface area contributed by atoms with E-state index < -0.39 is 0 Å². The molecule has 0 amide bonds. The molecule has 0 aliphatic heterocycles. The molecule has 21 heavy (non-hydrogen) atoms. The van der Waals surface area contributed by atoms with Crippen LogP contribution in [0.3, 0.4) is 0 Å². The third-order valence-electron chi connectivity index (χ3n) is 3.70. The highest BCUT2D eigenvalue weighted by Crippen LogP contribution is 2.23. The van der Waals surface area contributed by atoms with Gasteiger partial charge in [0, 0.05) is 5.39 Å². The Morgan fingerprint density at radius 1 is 0.905 bits per heavy atom. The fourth-order valence-corrected chi connectivity index (χ4v) is 2.29. The number of phenolic OH excluding ortho intramolecular Hbond substituents is 1. The van der Waals surface area contributed by atoms with Crippen molar-refractivity contribution in [1.29, 1.82) is 0 Å². The van der Waals surface area contributed by atoms with E-state index in [1.165, 1.54) is 11.1 Å². The quantitative estimate of drug-likeness (QED) is 0.733. The Balaban J connectivity index is 1.95. The minimum absolute atomic E-state index is 0.217. The van der Waals surface area contributed by atoms with E-state index in [9.17, 15) is 5.11 Å². The van der Waals surface area contributed by atoms with Crippen LogP contribution in [0.25, 0.3) is 23.1 Å². The molecule has 3 aromatic rings. The molecule has 0 fully saturated rings. The lowest BCUT2D eigenvalue weighted by molar-refractivity contribution is 0.480. The predicted octanol–water partition coefficient (Wildman–Crippen LogP) is 4.73. The molecule has 0 atom stereocenters. The predicted molar refractivity (Wildman–Crippen MR) is 88.3 cm³/mol. The van der Waals surface area contributed by atoms with Gasteiger partial charge in [-0.15, -0.1) is 0 Å². The van der Waals surface area contributed by atoms with Crippen molar-refractivity contribution >= 4 is 23.1 Å². The topological polar surface area (TPSA) is 33.1 Å². The molecule has 0 aliphatic carbocycles. The first-order valence-electron chi connectivity index (χ1n) is 6.97. The molecule has 104 valence electrons. The molecule has 0 saturated heterocycles. The van der Waals surface area contributed by atoms with Gasteiger partial charge >= 0.3 is 0 Å². The summed E-state index contributed by atoms with van der Waals surface area (Å²) in [6, 6.07) is 15.7. The first kappa shape index (κ1) is 13.4. The van der Waals surface area contributed by atoms with Gasteiger partial charge in [-0.1, -0.05) is 42.5 Å². The number of phenols is 1. The largest absolute Gasteiger partial charge is 0.506 e. The Morgan fingerprint density at radius 2 is 1.76 bits per heavy atom. The van der Waals surface area contributed by atoms with Gasteiger partial charge in [0.15, 0.2) is 0 Å². The number of aromatic hydroxyl groups is 1. The SMILES string of the molecule is Cc1ccc(C=Cc2ccc3cccc(O)c3n2)cc1C. The van der Waals surface area contributed by atoms with Crippen molar-refractivity contribution in [2.24, 2.45) is 0 Å². The fourth-order valence-electron chi connectivity index (χ4n) is 2.29. The van der Waals surface area contributed by atoms with Gasteiger partial charge in [0.25, 0.3) is 0 Å². The number of aryl methyl sites for hydroxylation is 2. The maximum absolute atomic E-state index is 9.86. The summed E-state index contributed by atoms with van der Waals surface area (Å²) < 4.78 is 0. The van der Waals surface area contributed by atoms with E-state index in [2.05, 4.69) is 37.0 Å². The Kier molecular flexibility index (Phi) is 3.44. The van der Waals surface area contributed by atoms with E-state index in [1.54, 1.807) is 6.07 Å². The zero-order chi connectivity index (χ0) is 14.8. The lowest BCUT2D eigenvalue weighted by atomic mass is 10.1. The lowest BCUT2D eigenvalue weighted by Gasteiger charge is -2.02. The molecule has 1 N–H and O–H groups in total. The van der Waals surface area contributed by atoms with Gasteiger partial charge in [0.2, 0.25) is 0 Å². The minimum atomic E-state index is 0.217. The van der Waals surface area contributed by atoms with Crippen LogP contribution in [0.2, 0.25) is 0 Å². The maximum Gasteiger partial charge on any atom is 0.141 e. The van der Waals surface area contributed by atoms with E-state index in [0.29, 0.717) is 5.52 Å². The number of pyridine rings is 1. The molecule has 1 heterocycles. The van der Waals surface area contributed by atoms with Crippen molar-refractivity contribution in [2.75, 3.05) is 0 Å². The third kappa shape index (κ3) is 2.79. The molecule has 0 saturated carbocycles. The van der Waals surface area contributed by atoms with Crippen LogP contribution in [0.15, 0.2) is 48.5 Å². The van der Waals surface area contributed by atoms with Crippen LogP contribution in [0.1, 0.15) is 22.4 Å². The van der Waals surface area contributed by atoms with Crippen LogP contribution < -0.4 is 0 Å². The first-order valence-corrected chi connectivity index (χ1v) is 6.97. The summed E-state index contributed by atoms with van der Waals surface area (Å²) in [6.45, 7) is 4.22. The average molecular weight is 275 g/mol. The number of benzene rings is 2. The second-order valence-corrected chi connectivity index (χ2v) is 5.26. The number of fused-ring (bicyclic) bond motifs is 1. The summed E-state index contributed by atoms with van der Waals surface area (Å²) in [6.07, 6.45) is 4.01. The van der Waals surface area contributed by atoms with E-state index in [1.807, 2.05) is 36.4 Å². The first-order chi connectivity index (χ1) is 10.1. The smallest absolute Gasteiger partial charge is 0.141 e. The van der Waals surface area contributed by atoms with E-state index >= 15 is 0 Å². The second-order valence-electron chi connectivity index (χ2n) is 5.26. The van der Waals surface area contributed by atoms with E-state index in [4.69, 9.17) is 0 Å². The van der Waals surface area contributed by atoms with Crippen molar-refractivity contribution in [3.8, 4) is 5.75 Å². The molecule has 0 aliphatic rings. The highest BCUT2D eigenvalue weighted by molar-refractivity contribution is 5.85. The van der Waals surface area contributed by atoms with Gasteiger partial charge < -0.3 is 5.11 Å². The minimum Gasteiger partial charge on any atom is -0.506 e. The summed E-state index contributed by atoms with van der Waals surface area (Å²) in [4.78, 5) is 4.49. The van der Waals surface area contributed by atoms with Crippen LogP contribution in [-0.2, 0) is 0 Å². The molecule has 2 heteroatoms. The highest BCUT2D eigenvalue weighted by Gasteiger charge is 2.01. The molecule has 2 aromatic carbocycles. The fraction of sp³-hybridized carbons (Fsp3) is 0.105. The Labute approximate surface area is 124 Å². The van der Waals surface area contributed by atoms with Gasteiger partial charge in [-0.2, -0.15) is 0 Å². The van der Waals surface area contributed by atoms with Crippen molar-refractivity contribution in [1.82, 2.24) is 4.98 Å². The lowest BCUT2D eigenvalue weighted by Crippen LogP contribution is -1.84. The molecule has 1 aromatic heterocycles. The Bertz CT molecular complexity index is 834. The zero-order valence-electron chi connectivity index (χ0n) is 12.2. The van der Waals surface area contributed by atoms with Crippen LogP contribution in [0, 0.1) is 13.8 Å². The molecule has 0 unspecified atom stereocenters. The monoisotopic (exact) mass is 275 g/mol.